The molecule has 1 amide bonds. The molecule has 1 unspecified atom stereocenters. The SMILES string of the molecule is Cn1c(C(F)(F)F)nc2c(F)cc3c(=O)cc(C4CCN(C(=O)OC(C)(C)C)C4)oc3c21. The molecule has 172 valence electrons. The van der Waals surface area contributed by atoms with Crippen molar-refractivity contribution in [2.45, 2.75) is 44.9 Å². The van der Waals surface area contributed by atoms with Crippen LogP contribution >= 0.6 is 0 Å². The number of imidazole rings is 1. The molecule has 4 rings (SSSR count). The van der Waals surface area contributed by atoms with E-state index in [1.165, 1.54) is 11.0 Å². The van der Waals surface area contributed by atoms with Crippen LogP contribution in [0.4, 0.5) is 22.4 Å². The van der Waals surface area contributed by atoms with Crippen molar-refractivity contribution >= 4 is 28.1 Å². The van der Waals surface area contributed by atoms with E-state index in [4.69, 9.17) is 9.15 Å². The van der Waals surface area contributed by atoms with Crippen LogP contribution in [0, 0.1) is 5.82 Å². The number of amides is 1. The van der Waals surface area contributed by atoms with Gasteiger partial charge in [0.2, 0.25) is 5.82 Å². The second-order valence-electron chi connectivity index (χ2n) is 8.85. The zero-order valence-corrected chi connectivity index (χ0v) is 17.8. The van der Waals surface area contributed by atoms with Crippen LogP contribution in [0.25, 0.3) is 22.0 Å². The second-order valence-corrected chi connectivity index (χ2v) is 8.85. The average Bonchev–Trinajstić information content (AvgIpc) is 3.26. The van der Waals surface area contributed by atoms with Crippen molar-refractivity contribution in [3.63, 3.8) is 0 Å². The van der Waals surface area contributed by atoms with Gasteiger partial charge < -0.3 is 18.6 Å². The van der Waals surface area contributed by atoms with Crippen LogP contribution in [-0.2, 0) is 18.0 Å². The van der Waals surface area contributed by atoms with Crippen LogP contribution in [0.2, 0.25) is 0 Å². The van der Waals surface area contributed by atoms with Crippen LogP contribution in [0.5, 0.6) is 0 Å². The lowest BCUT2D eigenvalue weighted by atomic mass is 10.0. The first-order valence-electron chi connectivity index (χ1n) is 9.94. The Morgan fingerprint density at radius 2 is 1.94 bits per heavy atom. The van der Waals surface area contributed by atoms with Crippen LogP contribution in [0.3, 0.4) is 0 Å². The van der Waals surface area contributed by atoms with Crippen molar-refractivity contribution in [1.29, 1.82) is 0 Å². The predicted molar refractivity (Wildman–Crippen MR) is 107 cm³/mol. The number of carbonyl (C=O) groups is 1. The summed E-state index contributed by atoms with van der Waals surface area (Å²) in [5, 5.41) is -0.183. The van der Waals surface area contributed by atoms with Crippen molar-refractivity contribution in [3.05, 3.63) is 39.8 Å². The molecule has 0 aliphatic carbocycles. The third-order valence-electron chi connectivity index (χ3n) is 5.31. The molecule has 1 fully saturated rings. The molecule has 3 heterocycles. The van der Waals surface area contributed by atoms with Crippen molar-refractivity contribution in [1.82, 2.24) is 14.5 Å². The van der Waals surface area contributed by atoms with Crippen molar-refractivity contribution in [2.24, 2.45) is 7.05 Å². The van der Waals surface area contributed by atoms with Gasteiger partial charge in [0.25, 0.3) is 0 Å². The van der Waals surface area contributed by atoms with E-state index in [0.717, 1.165) is 13.1 Å². The molecule has 1 aliphatic heterocycles. The van der Waals surface area contributed by atoms with E-state index >= 15 is 0 Å². The van der Waals surface area contributed by atoms with E-state index in [1.54, 1.807) is 20.8 Å². The minimum Gasteiger partial charge on any atom is -0.458 e. The number of rotatable bonds is 1. The summed E-state index contributed by atoms with van der Waals surface area (Å²) in [6, 6.07) is 2.03. The third kappa shape index (κ3) is 3.80. The molecule has 3 aromatic rings. The highest BCUT2D eigenvalue weighted by molar-refractivity contribution is 6.01. The van der Waals surface area contributed by atoms with Gasteiger partial charge >= 0.3 is 12.3 Å². The normalized spacial score (nSPS) is 17.5. The Morgan fingerprint density at radius 1 is 1.25 bits per heavy atom. The topological polar surface area (TPSA) is 77.6 Å². The average molecular weight is 455 g/mol. The lowest BCUT2D eigenvalue weighted by Crippen LogP contribution is -2.35. The van der Waals surface area contributed by atoms with Gasteiger partial charge in [-0.1, -0.05) is 0 Å². The number of carbonyl (C=O) groups excluding carboxylic acids is 1. The molecular formula is C21H21F4N3O4. The standard InChI is InChI=1S/C21H21F4N3O4/c1-20(2,3)32-19(30)28-6-5-10(9-28)14-8-13(29)11-7-12(22)15-16(17(11)31-14)27(4)18(26-15)21(23,24)25/h7-8,10H,5-6,9H2,1-4H3. The lowest BCUT2D eigenvalue weighted by Gasteiger charge is -2.24. The second kappa shape index (κ2) is 7.21. The van der Waals surface area contributed by atoms with E-state index in [9.17, 15) is 27.2 Å². The Kier molecular flexibility index (Phi) is 4.98. The summed E-state index contributed by atoms with van der Waals surface area (Å²) in [4.78, 5) is 29.9. The fourth-order valence-electron chi connectivity index (χ4n) is 3.89. The van der Waals surface area contributed by atoms with Gasteiger partial charge in [-0.05, 0) is 33.3 Å². The molecule has 1 aromatic carbocycles. The third-order valence-corrected chi connectivity index (χ3v) is 5.31. The Bertz CT molecular complexity index is 1290. The number of ether oxygens (including phenoxy) is 1. The van der Waals surface area contributed by atoms with Gasteiger partial charge in [0, 0.05) is 32.1 Å². The summed E-state index contributed by atoms with van der Waals surface area (Å²) in [5.41, 5.74) is -2.23. The highest BCUT2D eigenvalue weighted by Gasteiger charge is 2.38. The molecule has 32 heavy (non-hydrogen) atoms. The molecule has 0 radical (unpaired) electrons. The maximum absolute atomic E-state index is 14.5. The molecule has 7 nitrogen and oxygen atoms in total. The number of fused-ring (bicyclic) bond motifs is 3. The number of halogens is 4. The minimum absolute atomic E-state index is 0.176. The van der Waals surface area contributed by atoms with Gasteiger partial charge in [0.15, 0.2) is 16.8 Å². The van der Waals surface area contributed by atoms with Crippen molar-refractivity contribution < 1.29 is 31.5 Å². The number of benzene rings is 1. The number of hydrogen-bond donors (Lipinski definition) is 0. The molecule has 0 N–H and O–H groups in total. The molecule has 11 heteroatoms. The summed E-state index contributed by atoms with van der Waals surface area (Å²) in [7, 11) is 1.09. The van der Waals surface area contributed by atoms with Gasteiger partial charge in [-0.15, -0.1) is 0 Å². The maximum atomic E-state index is 14.5. The molecule has 0 bridgehead atoms. The number of aryl methyl sites for hydroxylation is 1. The Hall–Kier alpha value is -3.11. The Balaban J connectivity index is 1.79. The summed E-state index contributed by atoms with van der Waals surface area (Å²) >= 11 is 0. The van der Waals surface area contributed by atoms with Crippen molar-refractivity contribution in [2.75, 3.05) is 13.1 Å². The molecule has 0 spiro atoms. The molecule has 1 saturated heterocycles. The highest BCUT2D eigenvalue weighted by Crippen LogP contribution is 2.36. The first kappa shape index (κ1) is 22.1. The monoisotopic (exact) mass is 455 g/mol. The summed E-state index contributed by atoms with van der Waals surface area (Å²) in [6.45, 7) is 5.81. The van der Waals surface area contributed by atoms with Crippen LogP contribution in [0.15, 0.2) is 21.3 Å². The largest absolute Gasteiger partial charge is 0.458 e. The van der Waals surface area contributed by atoms with Crippen LogP contribution in [0.1, 0.15) is 44.7 Å². The first-order chi connectivity index (χ1) is 14.8. The van der Waals surface area contributed by atoms with Crippen LogP contribution < -0.4 is 5.43 Å². The first-order valence-corrected chi connectivity index (χ1v) is 9.94. The van der Waals surface area contributed by atoms with Crippen molar-refractivity contribution in [3.8, 4) is 0 Å². The number of aromatic nitrogens is 2. The molecule has 1 atom stereocenters. The molecular weight excluding hydrogens is 434 g/mol. The molecule has 0 saturated carbocycles. The van der Waals surface area contributed by atoms with Gasteiger partial charge in [-0.3, -0.25) is 4.79 Å². The van der Waals surface area contributed by atoms with Crippen LogP contribution in [-0.4, -0.2) is 39.2 Å². The minimum atomic E-state index is -4.82. The Labute approximate surface area is 179 Å². The van der Waals surface area contributed by atoms with Gasteiger partial charge in [0.1, 0.15) is 22.4 Å². The number of likely N-dealkylation sites (tertiary alicyclic amines) is 1. The summed E-state index contributed by atoms with van der Waals surface area (Å²) < 4.78 is 66.3. The predicted octanol–water partition coefficient (Wildman–Crippen LogP) is 4.56. The zero-order chi connectivity index (χ0) is 23.6. The smallest absolute Gasteiger partial charge is 0.449 e. The number of nitrogens with zero attached hydrogens (tertiary/aromatic N) is 3. The maximum Gasteiger partial charge on any atom is 0.449 e. The molecule has 1 aliphatic rings. The van der Waals surface area contributed by atoms with E-state index in [1.807, 2.05) is 0 Å². The summed E-state index contributed by atoms with van der Waals surface area (Å²) in [5.74, 6) is -2.51. The van der Waals surface area contributed by atoms with E-state index in [0.29, 0.717) is 17.5 Å². The van der Waals surface area contributed by atoms with E-state index in [-0.39, 0.29) is 34.7 Å². The van der Waals surface area contributed by atoms with Gasteiger partial charge in [-0.25, -0.2) is 14.2 Å². The lowest BCUT2D eigenvalue weighted by molar-refractivity contribution is -0.146. The number of alkyl halides is 3. The fourth-order valence-corrected chi connectivity index (χ4v) is 3.89. The molecule has 2 aromatic heterocycles. The van der Waals surface area contributed by atoms with Gasteiger partial charge in [-0.2, -0.15) is 13.2 Å². The highest BCUT2D eigenvalue weighted by atomic mass is 19.4. The zero-order valence-electron chi connectivity index (χ0n) is 17.8. The Morgan fingerprint density at radius 3 is 2.56 bits per heavy atom. The quantitative estimate of drug-likeness (QED) is 0.503. The van der Waals surface area contributed by atoms with E-state index < -0.39 is 40.5 Å². The number of hydrogen-bond acceptors (Lipinski definition) is 5. The fraction of sp³-hybridized carbons (Fsp3) is 0.476. The summed E-state index contributed by atoms with van der Waals surface area (Å²) in [6.07, 6.45) is -4.85. The van der Waals surface area contributed by atoms with Gasteiger partial charge in [0.05, 0.1) is 5.39 Å². The van der Waals surface area contributed by atoms with E-state index in [2.05, 4.69) is 4.98 Å².